The molecule has 23 heavy (non-hydrogen) atoms. The predicted octanol–water partition coefficient (Wildman–Crippen LogP) is 3.59. The average Bonchev–Trinajstić information content (AvgIpc) is 2.89. The van der Waals surface area contributed by atoms with Gasteiger partial charge in [0, 0.05) is 11.6 Å². The third-order valence-corrected chi connectivity index (χ3v) is 3.42. The largest absolute Gasteiger partial charge is 0.402 e. The van der Waals surface area contributed by atoms with Crippen molar-refractivity contribution in [1.82, 2.24) is 0 Å². The van der Waals surface area contributed by atoms with E-state index in [1.807, 2.05) is 18.2 Å². The van der Waals surface area contributed by atoms with Crippen LogP contribution >= 0.6 is 11.6 Å². The molecule has 0 radical (unpaired) electrons. The molecule has 1 aliphatic heterocycles. The fraction of sp³-hybridized carbons (Fsp3) is 0. The summed E-state index contributed by atoms with van der Waals surface area (Å²) in [5, 5.41) is 10.7. The minimum absolute atomic E-state index is 0.0111. The van der Waals surface area contributed by atoms with Gasteiger partial charge in [0.1, 0.15) is 5.02 Å². The molecule has 114 valence electrons. The van der Waals surface area contributed by atoms with Crippen LogP contribution in [0.4, 0.5) is 5.69 Å². The molecule has 0 amide bonds. The van der Waals surface area contributed by atoms with Crippen LogP contribution in [0.1, 0.15) is 11.1 Å². The number of carbonyl (C=O) groups excluding carboxylic acids is 1. The molecule has 0 saturated heterocycles. The number of carbonyl (C=O) groups is 1. The van der Waals surface area contributed by atoms with Crippen LogP contribution in [0.2, 0.25) is 5.02 Å². The van der Waals surface area contributed by atoms with Crippen molar-refractivity contribution in [2.75, 3.05) is 0 Å². The number of esters is 1. The SMILES string of the molecule is O=C1OC(c2ccccc2)=N/C1=C/c1ccc([N+](=O)[O-])c(Cl)c1. The van der Waals surface area contributed by atoms with Crippen LogP contribution in [0.15, 0.2) is 59.2 Å². The van der Waals surface area contributed by atoms with E-state index in [-0.39, 0.29) is 22.3 Å². The lowest BCUT2D eigenvalue weighted by Crippen LogP contribution is -2.04. The predicted molar refractivity (Wildman–Crippen MR) is 85.2 cm³/mol. The summed E-state index contributed by atoms with van der Waals surface area (Å²) in [4.78, 5) is 26.2. The van der Waals surface area contributed by atoms with Crippen LogP contribution < -0.4 is 0 Å². The Hall–Kier alpha value is -2.99. The molecule has 0 saturated carbocycles. The number of nitro groups is 1. The first-order valence-corrected chi connectivity index (χ1v) is 6.94. The molecule has 0 unspecified atom stereocenters. The molecule has 0 bridgehead atoms. The van der Waals surface area contributed by atoms with Gasteiger partial charge in [-0.3, -0.25) is 10.1 Å². The van der Waals surface area contributed by atoms with E-state index in [1.54, 1.807) is 12.1 Å². The highest BCUT2D eigenvalue weighted by molar-refractivity contribution is 6.32. The molecule has 0 fully saturated rings. The van der Waals surface area contributed by atoms with Gasteiger partial charge in [-0.1, -0.05) is 29.8 Å². The molecule has 0 spiro atoms. The molecular formula is C16H9ClN2O4. The second-order valence-corrected chi connectivity index (χ2v) is 5.08. The zero-order chi connectivity index (χ0) is 16.4. The van der Waals surface area contributed by atoms with Gasteiger partial charge >= 0.3 is 5.97 Å². The Morgan fingerprint density at radius 2 is 1.91 bits per heavy atom. The van der Waals surface area contributed by atoms with Gasteiger partial charge in [0.25, 0.3) is 5.69 Å². The first-order chi connectivity index (χ1) is 11.0. The van der Waals surface area contributed by atoms with E-state index in [0.29, 0.717) is 11.1 Å². The van der Waals surface area contributed by atoms with Crippen LogP contribution in [-0.4, -0.2) is 16.8 Å². The highest BCUT2D eigenvalue weighted by Crippen LogP contribution is 2.27. The van der Waals surface area contributed by atoms with E-state index in [0.717, 1.165) is 0 Å². The molecule has 3 rings (SSSR count). The van der Waals surface area contributed by atoms with Crippen molar-refractivity contribution >= 4 is 35.2 Å². The molecule has 6 nitrogen and oxygen atoms in total. The van der Waals surface area contributed by atoms with Gasteiger partial charge in [0.15, 0.2) is 5.70 Å². The summed E-state index contributed by atoms with van der Waals surface area (Å²) in [6.45, 7) is 0. The van der Waals surface area contributed by atoms with Crippen molar-refractivity contribution in [3.63, 3.8) is 0 Å². The number of rotatable bonds is 3. The molecule has 0 N–H and O–H groups in total. The monoisotopic (exact) mass is 328 g/mol. The zero-order valence-corrected chi connectivity index (χ0v) is 12.4. The molecule has 0 atom stereocenters. The highest BCUT2D eigenvalue weighted by Gasteiger charge is 2.24. The molecular weight excluding hydrogens is 320 g/mol. The number of hydrogen-bond acceptors (Lipinski definition) is 5. The number of nitro benzene ring substituents is 1. The van der Waals surface area contributed by atoms with Crippen molar-refractivity contribution in [3.05, 3.63) is 80.5 Å². The summed E-state index contributed by atoms with van der Waals surface area (Å²) < 4.78 is 5.13. The van der Waals surface area contributed by atoms with Gasteiger partial charge in [-0.25, -0.2) is 9.79 Å². The highest BCUT2D eigenvalue weighted by atomic mass is 35.5. The Balaban J connectivity index is 1.93. The number of aliphatic imine (C=N–C) groups is 1. The summed E-state index contributed by atoms with van der Waals surface area (Å²) in [6.07, 6.45) is 1.47. The third-order valence-electron chi connectivity index (χ3n) is 3.11. The lowest BCUT2D eigenvalue weighted by atomic mass is 10.2. The Bertz CT molecular complexity index is 860. The van der Waals surface area contributed by atoms with E-state index in [4.69, 9.17) is 16.3 Å². The number of nitrogens with zero attached hydrogens (tertiary/aromatic N) is 2. The Labute approximate surface area is 135 Å². The number of cyclic esters (lactones) is 1. The van der Waals surface area contributed by atoms with Crippen LogP contribution in [0.5, 0.6) is 0 Å². The van der Waals surface area contributed by atoms with E-state index in [9.17, 15) is 14.9 Å². The average molecular weight is 329 g/mol. The van der Waals surface area contributed by atoms with Gasteiger partial charge in [0.2, 0.25) is 5.90 Å². The minimum atomic E-state index is -0.585. The molecule has 1 aliphatic rings. The number of halogens is 1. The van der Waals surface area contributed by atoms with Crippen molar-refractivity contribution in [3.8, 4) is 0 Å². The van der Waals surface area contributed by atoms with E-state index in [1.165, 1.54) is 24.3 Å². The molecule has 0 aromatic heterocycles. The van der Waals surface area contributed by atoms with Gasteiger partial charge in [0.05, 0.1) is 4.92 Å². The number of benzene rings is 2. The smallest absolute Gasteiger partial charge is 0.363 e. The second-order valence-electron chi connectivity index (χ2n) is 4.67. The molecule has 0 aliphatic carbocycles. The summed E-state index contributed by atoms with van der Waals surface area (Å²) in [5.41, 5.74) is 1.11. The fourth-order valence-corrected chi connectivity index (χ4v) is 2.29. The topological polar surface area (TPSA) is 81.8 Å². The van der Waals surface area contributed by atoms with E-state index < -0.39 is 10.9 Å². The molecule has 2 aromatic carbocycles. The van der Waals surface area contributed by atoms with Gasteiger partial charge in [-0.15, -0.1) is 0 Å². The second kappa shape index (κ2) is 6.02. The van der Waals surface area contributed by atoms with Crippen molar-refractivity contribution in [2.24, 2.45) is 4.99 Å². The van der Waals surface area contributed by atoms with Crippen molar-refractivity contribution in [2.45, 2.75) is 0 Å². The Kier molecular flexibility index (Phi) is 3.91. The lowest BCUT2D eigenvalue weighted by Gasteiger charge is -1.97. The van der Waals surface area contributed by atoms with Gasteiger partial charge in [-0.05, 0) is 35.9 Å². The third kappa shape index (κ3) is 3.12. The van der Waals surface area contributed by atoms with Crippen LogP contribution in [0.25, 0.3) is 6.08 Å². The normalized spacial score (nSPS) is 15.4. The van der Waals surface area contributed by atoms with E-state index >= 15 is 0 Å². The Morgan fingerprint density at radius 3 is 2.57 bits per heavy atom. The first kappa shape index (κ1) is 14.9. The van der Waals surface area contributed by atoms with Crippen LogP contribution in [0, 0.1) is 10.1 Å². The van der Waals surface area contributed by atoms with Crippen LogP contribution in [0.3, 0.4) is 0 Å². The molecule has 7 heteroatoms. The molecule has 2 aromatic rings. The standard InChI is InChI=1S/C16H9ClN2O4/c17-12-8-10(6-7-14(12)19(21)22)9-13-16(20)23-15(18-13)11-4-2-1-3-5-11/h1-9H/b13-9+. The zero-order valence-electron chi connectivity index (χ0n) is 11.6. The molecule has 1 heterocycles. The Morgan fingerprint density at radius 1 is 1.17 bits per heavy atom. The lowest BCUT2D eigenvalue weighted by molar-refractivity contribution is -0.384. The summed E-state index contributed by atoms with van der Waals surface area (Å²) in [5.74, 6) is -0.367. The maximum absolute atomic E-state index is 11.9. The number of hydrogen-bond donors (Lipinski definition) is 0. The van der Waals surface area contributed by atoms with E-state index in [2.05, 4.69) is 4.99 Å². The maximum atomic E-state index is 11.9. The van der Waals surface area contributed by atoms with Crippen LogP contribution in [-0.2, 0) is 9.53 Å². The van der Waals surface area contributed by atoms with Crippen molar-refractivity contribution < 1.29 is 14.5 Å². The van der Waals surface area contributed by atoms with Crippen molar-refractivity contribution in [1.29, 1.82) is 0 Å². The first-order valence-electron chi connectivity index (χ1n) is 6.56. The summed E-state index contributed by atoms with van der Waals surface area (Å²) >= 11 is 5.85. The number of ether oxygens (including phenoxy) is 1. The maximum Gasteiger partial charge on any atom is 0.363 e. The van der Waals surface area contributed by atoms with Gasteiger partial charge < -0.3 is 4.74 Å². The van der Waals surface area contributed by atoms with Gasteiger partial charge in [-0.2, -0.15) is 0 Å². The summed E-state index contributed by atoms with van der Waals surface area (Å²) in [6, 6.07) is 13.2. The summed E-state index contributed by atoms with van der Waals surface area (Å²) in [7, 11) is 0. The fourth-order valence-electron chi connectivity index (χ4n) is 2.03. The quantitative estimate of drug-likeness (QED) is 0.373. The minimum Gasteiger partial charge on any atom is -0.402 e.